The van der Waals surface area contributed by atoms with E-state index in [4.69, 9.17) is 0 Å². The van der Waals surface area contributed by atoms with Gasteiger partial charge in [0.1, 0.15) is 18.3 Å². The summed E-state index contributed by atoms with van der Waals surface area (Å²) < 4.78 is 16.4. The first kappa shape index (κ1) is 33.2. The molecule has 5 heteroatoms. The van der Waals surface area contributed by atoms with Crippen LogP contribution in [-0.4, -0.2) is 16.2 Å². The van der Waals surface area contributed by atoms with Gasteiger partial charge < -0.3 is 9.80 Å². The van der Waals surface area contributed by atoms with Gasteiger partial charge in [0.05, 0.1) is 22.7 Å². The Morgan fingerprint density at radius 3 is 1.85 bits per heavy atom. The first-order valence-electron chi connectivity index (χ1n) is 16.5. The molecule has 0 N–H and O–H groups in total. The predicted molar refractivity (Wildman–Crippen MR) is 197 cm³/mol. The lowest BCUT2D eigenvalue weighted by Crippen LogP contribution is -2.24. The summed E-state index contributed by atoms with van der Waals surface area (Å²) in [4.78, 5) is 8.88. The van der Waals surface area contributed by atoms with Crippen molar-refractivity contribution in [3.63, 3.8) is 0 Å². The quantitative estimate of drug-likeness (QED) is 0.191. The SMILES string of the molecule is CC.Cc1cc(C)c(-n2ccnc2-c2ccccc2C(C)C)c(C)c1.Fc1ccccc1N1CN(c2ccccc2)c2ccccc21. The van der Waals surface area contributed by atoms with Gasteiger partial charge in [0.15, 0.2) is 0 Å². The third-order valence-corrected chi connectivity index (χ3v) is 8.30. The van der Waals surface area contributed by atoms with Crippen LogP contribution >= 0.6 is 0 Å². The molecule has 0 radical (unpaired) electrons. The van der Waals surface area contributed by atoms with Crippen LogP contribution in [0, 0.1) is 26.6 Å². The Morgan fingerprint density at radius 2 is 1.21 bits per heavy atom. The molecule has 0 saturated heterocycles. The molecule has 1 aliphatic rings. The van der Waals surface area contributed by atoms with E-state index in [-0.39, 0.29) is 5.82 Å². The van der Waals surface area contributed by atoms with Crippen molar-refractivity contribution in [2.45, 2.75) is 54.4 Å². The van der Waals surface area contributed by atoms with Crippen molar-refractivity contribution in [1.29, 1.82) is 0 Å². The number of nitrogens with zero attached hydrogens (tertiary/aromatic N) is 4. The zero-order valence-electron chi connectivity index (χ0n) is 28.6. The molecule has 0 fully saturated rings. The molecule has 0 aliphatic carbocycles. The van der Waals surface area contributed by atoms with E-state index in [0.717, 1.165) is 22.9 Å². The molecule has 0 saturated carbocycles. The van der Waals surface area contributed by atoms with Crippen molar-refractivity contribution < 1.29 is 4.39 Å². The normalized spacial score (nSPS) is 11.9. The van der Waals surface area contributed by atoms with Gasteiger partial charge in [-0.15, -0.1) is 0 Å². The molecule has 0 spiro atoms. The third kappa shape index (κ3) is 7.00. The first-order valence-corrected chi connectivity index (χ1v) is 16.5. The van der Waals surface area contributed by atoms with Crippen LogP contribution in [0.25, 0.3) is 17.1 Å². The third-order valence-electron chi connectivity index (χ3n) is 8.30. The number of fused-ring (bicyclic) bond motifs is 1. The van der Waals surface area contributed by atoms with Crippen LogP contribution < -0.4 is 9.80 Å². The van der Waals surface area contributed by atoms with Crippen molar-refractivity contribution >= 4 is 22.7 Å². The molecule has 0 bridgehead atoms. The summed E-state index contributed by atoms with van der Waals surface area (Å²) in [5, 5.41) is 0. The summed E-state index contributed by atoms with van der Waals surface area (Å²) in [7, 11) is 0. The van der Waals surface area contributed by atoms with Gasteiger partial charge >= 0.3 is 0 Å². The lowest BCUT2D eigenvalue weighted by atomic mass is 9.96. The molecule has 47 heavy (non-hydrogen) atoms. The predicted octanol–water partition coefficient (Wildman–Crippen LogP) is 11.7. The van der Waals surface area contributed by atoms with E-state index in [1.165, 1.54) is 39.6 Å². The summed E-state index contributed by atoms with van der Waals surface area (Å²) in [6, 6.07) is 38.2. The van der Waals surface area contributed by atoms with E-state index in [1.807, 2.05) is 73.5 Å². The van der Waals surface area contributed by atoms with Crippen LogP contribution in [0.3, 0.4) is 0 Å². The van der Waals surface area contributed by atoms with Gasteiger partial charge in [-0.2, -0.15) is 0 Å². The van der Waals surface area contributed by atoms with Crippen LogP contribution in [0.15, 0.2) is 128 Å². The lowest BCUT2D eigenvalue weighted by Gasteiger charge is -2.22. The van der Waals surface area contributed by atoms with Gasteiger partial charge in [-0.25, -0.2) is 9.37 Å². The van der Waals surface area contributed by atoms with Crippen LogP contribution in [0.2, 0.25) is 0 Å². The second-order valence-electron chi connectivity index (χ2n) is 11.9. The van der Waals surface area contributed by atoms with Crippen molar-refractivity contribution in [1.82, 2.24) is 9.55 Å². The average Bonchev–Trinajstić information content (AvgIpc) is 3.72. The summed E-state index contributed by atoms with van der Waals surface area (Å²) in [6.45, 7) is 15.6. The minimum atomic E-state index is -0.202. The molecule has 0 atom stereocenters. The highest BCUT2D eigenvalue weighted by molar-refractivity contribution is 5.86. The van der Waals surface area contributed by atoms with E-state index in [9.17, 15) is 4.39 Å². The Labute approximate surface area is 279 Å². The van der Waals surface area contributed by atoms with E-state index >= 15 is 0 Å². The fourth-order valence-electron chi connectivity index (χ4n) is 6.36. The summed E-state index contributed by atoms with van der Waals surface area (Å²) in [5.74, 6) is 1.29. The first-order chi connectivity index (χ1) is 22.8. The van der Waals surface area contributed by atoms with Crippen LogP contribution in [0.5, 0.6) is 0 Å². The molecule has 240 valence electrons. The van der Waals surface area contributed by atoms with Crippen LogP contribution in [0.4, 0.5) is 27.1 Å². The van der Waals surface area contributed by atoms with Gasteiger partial charge in [-0.1, -0.05) is 112 Å². The number of anilines is 4. The molecular formula is C42H45FN4. The van der Waals surface area contributed by atoms with E-state index in [1.54, 1.807) is 6.07 Å². The Hall–Kier alpha value is -5.16. The number of halogens is 1. The number of imidazole rings is 1. The summed E-state index contributed by atoms with van der Waals surface area (Å²) in [5.41, 5.74) is 11.5. The summed E-state index contributed by atoms with van der Waals surface area (Å²) >= 11 is 0. The largest absolute Gasteiger partial charge is 0.321 e. The highest BCUT2D eigenvalue weighted by Gasteiger charge is 2.28. The Kier molecular flexibility index (Phi) is 10.6. The Balaban J connectivity index is 0.000000175. The topological polar surface area (TPSA) is 24.3 Å². The van der Waals surface area contributed by atoms with E-state index < -0.39 is 0 Å². The molecule has 5 aromatic carbocycles. The van der Waals surface area contributed by atoms with E-state index in [2.05, 4.69) is 110 Å². The molecule has 0 amide bonds. The average molecular weight is 625 g/mol. The van der Waals surface area contributed by atoms with Gasteiger partial charge in [0.25, 0.3) is 0 Å². The highest BCUT2D eigenvalue weighted by atomic mass is 19.1. The lowest BCUT2D eigenvalue weighted by molar-refractivity contribution is 0.626. The van der Waals surface area contributed by atoms with Crippen molar-refractivity contribution in [3.05, 3.63) is 156 Å². The smallest absolute Gasteiger partial charge is 0.146 e. The van der Waals surface area contributed by atoms with Crippen LogP contribution in [-0.2, 0) is 0 Å². The number of benzene rings is 5. The molecule has 7 rings (SSSR count). The number of aryl methyl sites for hydroxylation is 3. The molecular weight excluding hydrogens is 579 g/mol. The molecule has 2 heterocycles. The fourth-order valence-corrected chi connectivity index (χ4v) is 6.36. The standard InChI is InChI=1S/C21H24N2.C19H15FN2.C2H6/c1-14(2)18-8-6-7-9-19(18)21-22-10-11-23(21)20-16(4)12-15(3)13-17(20)5;20-16-10-4-5-11-17(16)22-14-21(15-8-2-1-3-9-15)18-12-6-7-13-19(18)22;1-2/h6-14H,1-5H3;1-13H,14H2;1-2H3. The fraction of sp³-hybridized carbons (Fsp3) is 0.214. The number of para-hydroxylation sites is 4. The second kappa shape index (κ2) is 15.0. The second-order valence-corrected chi connectivity index (χ2v) is 11.9. The molecule has 1 aliphatic heterocycles. The van der Waals surface area contributed by atoms with Crippen molar-refractivity contribution in [3.8, 4) is 17.1 Å². The monoisotopic (exact) mass is 624 g/mol. The maximum Gasteiger partial charge on any atom is 0.146 e. The Morgan fingerprint density at radius 1 is 0.660 bits per heavy atom. The number of hydrogen-bond acceptors (Lipinski definition) is 3. The summed E-state index contributed by atoms with van der Waals surface area (Å²) in [6.07, 6.45) is 3.96. The van der Waals surface area contributed by atoms with Gasteiger partial charge in [-0.05, 0) is 79.8 Å². The zero-order chi connectivity index (χ0) is 33.5. The molecule has 4 nitrogen and oxygen atoms in total. The number of rotatable bonds is 5. The number of aromatic nitrogens is 2. The van der Waals surface area contributed by atoms with E-state index in [0.29, 0.717) is 18.3 Å². The molecule has 1 aromatic heterocycles. The molecule has 6 aromatic rings. The number of hydrogen-bond donors (Lipinski definition) is 0. The maximum atomic E-state index is 14.2. The van der Waals surface area contributed by atoms with Crippen molar-refractivity contribution in [2.24, 2.45) is 0 Å². The minimum Gasteiger partial charge on any atom is -0.321 e. The van der Waals surface area contributed by atoms with Crippen molar-refractivity contribution in [2.75, 3.05) is 16.5 Å². The minimum absolute atomic E-state index is 0.202. The van der Waals surface area contributed by atoms with Gasteiger partial charge in [0.2, 0.25) is 0 Å². The van der Waals surface area contributed by atoms with Crippen LogP contribution in [0.1, 0.15) is 55.9 Å². The Bertz CT molecular complexity index is 1900. The van der Waals surface area contributed by atoms with Gasteiger partial charge in [0, 0.05) is 23.6 Å². The molecule has 0 unspecified atom stereocenters. The maximum absolute atomic E-state index is 14.2. The zero-order valence-corrected chi connectivity index (χ0v) is 28.6. The highest BCUT2D eigenvalue weighted by Crippen LogP contribution is 2.44. The van der Waals surface area contributed by atoms with Gasteiger partial charge in [-0.3, -0.25) is 4.57 Å².